The summed E-state index contributed by atoms with van der Waals surface area (Å²) in [4.78, 5) is 37.4. The van der Waals surface area contributed by atoms with Crippen LogP contribution in [0.1, 0.15) is 16.6 Å². The average Bonchev–Trinajstić information content (AvgIpc) is 2.91. The van der Waals surface area contributed by atoms with Crippen LogP contribution >= 0.6 is 27.3 Å². The topological polar surface area (TPSA) is 66.9 Å². The molecule has 0 spiro atoms. The van der Waals surface area contributed by atoms with Gasteiger partial charge in [0.25, 0.3) is 5.91 Å². The number of rotatable bonds is 7. The lowest BCUT2D eigenvalue weighted by Gasteiger charge is -2.25. The van der Waals surface area contributed by atoms with Crippen LogP contribution in [0.3, 0.4) is 0 Å². The third-order valence-corrected chi connectivity index (χ3v) is 4.46. The maximum Gasteiger partial charge on any atom is 0.406 e. The number of amides is 2. The quantitative estimate of drug-likeness (QED) is 0.606. The minimum Gasteiger partial charge on any atom is -0.465 e. The van der Waals surface area contributed by atoms with Crippen molar-refractivity contribution < 1.29 is 32.3 Å². The number of thiophene rings is 1. The number of carbonyl (C=O) groups excluding carboxylic acids is 3. The molecule has 0 N–H and O–H groups in total. The van der Waals surface area contributed by atoms with Gasteiger partial charge in [-0.25, -0.2) is 0 Å². The predicted octanol–water partition coefficient (Wildman–Crippen LogP) is 2.54. The number of likely N-dealkylation sites (N-methyl/N-ethyl adjacent to an activating group) is 1. The van der Waals surface area contributed by atoms with Crippen LogP contribution in [0.5, 0.6) is 0 Å². The van der Waals surface area contributed by atoms with Gasteiger partial charge >= 0.3 is 12.1 Å². The first-order valence-corrected chi connectivity index (χ1v) is 8.65. The Balaban J connectivity index is 2.78. The molecule has 1 rings (SSSR count). The first kappa shape index (κ1) is 21.4. The molecular formula is C14H16BrF3N2O4S. The molecule has 0 aliphatic carbocycles. The average molecular weight is 445 g/mol. The highest BCUT2D eigenvalue weighted by Crippen LogP contribution is 2.23. The van der Waals surface area contributed by atoms with E-state index in [0.29, 0.717) is 13.6 Å². The zero-order chi connectivity index (χ0) is 19.2. The summed E-state index contributed by atoms with van der Waals surface area (Å²) >= 11 is 4.33. The lowest BCUT2D eigenvalue weighted by molar-refractivity contribution is -0.167. The van der Waals surface area contributed by atoms with Gasteiger partial charge in [0.15, 0.2) is 0 Å². The lowest BCUT2D eigenvalue weighted by atomic mass is 10.3. The Kier molecular flexibility index (Phi) is 7.87. The predicted molar refractivity (Wildman–Crippen MR) is 88.2 cm³/mol. The van der Waals surface area contributed by atoms with Gasteiger partial charge < -0.3 is 14.5 Å². The van der Waals surface area contributed by atoms with E-state index in [9.17, 15) is 27.6 Å². The van der Waals surface area contributed by atoms with Crippen molar-refractivity contribution in [1.82, 2.24) is 9.80 Å². The van der Waals surface area contributed by atoms with Crippen molar-refractivity contribution in [2.45, 2.75) is 13.1 Å². The molecule has 0 aromatic carbocycles. The zero-order valence-electron chi connectivity index (χ0n) is 13.4. The molecule has 0 unspecified atom stereocenters. The number of esters is 1. The van der Waals surface area contributed by atoms with Crippen molar-refractivity contribution in [2.75, 3.05) is 33.3 Å². The van der Waals surface area contributed by atoms with Crippen LogP contribution in [-0.4, -0.2) is 67.0 Å². The van der Waals surface area contributed by atoms with Gasteiger partial charge in [0.1, 0.15) is 13.1 Å². The van der Waals surface area contributed by atoms with Crippen LogP contribution in [0.25, 0.3) is 0 Å². The molecule has 0 saturated carbocycles. The van der Waals surface area contributed by atoms with Crippen LogP contribution in [0.2, 0.25) is 0 Å². The monoisotopic (exact) mass is 444 g/mol. The number of alkyl halides is 3. The second kappa shape index (κ2) is 9.18. The fraction of sp³-hybridized carbons (Fsp3) is 0.500. The van der Waals surface area contributed by atoms with Gasteiger partial charge in [-0.2, -0.15) is 13.2 Å². The summed E-state index contributed by atoms with van der Waals surface area (Å²) in [5.41, 5.74) is 0. The van der Waals surface area contributed by atoms with Gasteiger partial charge in [-0.05, 0) is 35.0 Å². The molecule has 1 aromatic rings. The maximum atomic E-state index is 12.6. The normalized spacial score (nSPS) is 11.1. The number of hydrogen-bond donors (Lipinski definition) is 0. The van der Waals surface area contributed by atoms with Crippen molar-refractivity contribution in [3.8, 4) is 0 Å². The van der Waals surface area contributed by atoms with Gasteiger partial charge in [-0.1, -0.05) is 0 Å². The summed E-state index contributed by atoms with van der Waals surface area (Å²) in [5.74, 6) is -2.46. The molecule has 0 fully saturated rings. The molecule has 1 aromatic heterocycles. The molecular weight excluding hydrogens is 429 g/mol. The molecule has 6 nitrogen and oxygen atoms in total. The van der Waals surface area contributed by atoms with Crippen LogP contribution in [0.15, 0.2) is 15.9 Å². The second-order valence-electron chi connectivity index (χ2n) is 4.93. The van der Waals surface area contributed by atoms with E-state index in [1.807, 2.05) is 0 Å². The third-order valence-electron chi connectivity index (χ3n) is 2.85. The van der Waals surface area contributed by atoms with Gasteiger partial charge in [0.05, 0.1) is 21.8 Å². The largest absolute Gasteiger partial charge is 0.465 e. The fourth-order valence-electron chi connectivity index (χ4n) is 1.80. The van der Waals surface area contributed by atoms with Gasteiger partial charge in [-0.15, -0.1) is 11.3 Å². The summed E-state index contributed by atoms with van der Waals surface area (Å²) in [7, 11) is 1.30. The first-order chi connectivity index (χ1) is 11.5. The maximum absolute atomic E-state index is 12.6. The highest BCUT2D eigenvalue weighted by atomic mass is 79.9. The Morgan fingerprint density at radius 2 is 1.88 bits per heavy atom. The van der Waals surface area contributed by atoms with Gasteiger partial charge in [-0.3, -0.25) is 14.4 Å². The summed E-state index contributed by atoms with van der Waals surface area (Å²) < 4.78 is 43.2. The first-order valence-electron chi connectivity index (χ1n) is 7.04. The summed E-state index contributed by atoms with van der Waals surface area (Å²) in [5, 5.41) is 0. The standard InChI is InChI=1S/C14H16BrF3N2O4S/c1-3-24-12(22)7-20(8-14(16,17)18)11(21)6-19(2)13(23)9-4-5-10(15)25-9/h4-5H,3,6-8H2,1-2H3. The van der Waals surface area contributed by atoms with Crippen molar-refractivity contribution in [3.05, 3.63) is 20.8 Å². The zero-order valence-corrected chi connectivity index (χ0v) is 15.8. The molecule has 0 aliphatic heterocycles. The molecule has 0 atom stereocenters. The number of nitrogens with zero attached hydrogens (tertiary/aromatic N) is 2. The van der Waals surface area contributed by atoms with Crippen LogP contribution in [0.4, 0.5) is 13.2 Å². The number of halogens is 4. The molecule has 1 heterocycles. The molecule has 0 saturated heterocycles. The van der Waals surface area contributed by atoms with E-state index in [-0.39, 0.29) is 6.61 Å². The molecule has 0 aliphatic rings. The van der Waals surface area contributed by atoms with E-state index in [2.05, 4.69) is 20.7 Å². The second-order valence-corrected chi connectivity index (χ2v) is 7.40. The summed E-state index contributed by atoms with van der Waals surface area (Å²) in [6.45, 7) is -1.54. The molecule has 2 amide bonds. The molecule has 0 bridgehead atoms. The van der Waals surface area contributed by atoms with Crippen LogP contribution in [-0.2, 0) is 14.3 Å². The Bertz CT molecular complexity index is 636. The smallest absolute Gasteiger partial charge is 0.406 e. The number of hydrogen-bond acceptors (Lipinski definition) is 5. The van der Waals surface area contributed by atoms with E-state index in [1.165, 1.54) is 20.0 Å². The summed E-state index contributed by atoms with van der Waals surface area (Å²) in [6.07, 6.45) is -4.68. The Morgan fingerprint density at radius 1 is 1.24 bits per heavy atom. The van der Waals surface area contributed by atoms with Crippen molar-refractivity contribution in [2.24, 2.45) is 0 Å². The van der Waals surface area contributed by atoms with Crippen molar-refractivity contribution >= 4 is 45.1 Å². The molecule has 140 valence electrons. The van der Waals surface area contributed by atoms with E-state index in [1.54, 1.807) is 6.07 Å². The van der Waals surface area contributed by atoms with Crippen LogP contribution < -0.4 is 0 Å². The third kappa shape index (κ3) is 7.43. The molecule has 0 radical (unpaired) electrons. The number of ether oxygens (including phenoxy) is 1. The van der Waals surface area contributed by atoms with Gasteiger partial charge in [0, 0.05) is 7.05 Å². The Labute approximate surface area is 154 Å². The fourth-order valence-corrected chi connectivity index (χ4v) is 3.18. The van der Waals surface area contributed by atoms with Crippen molar-refractivity contribution in [3.63, 3.8) is 0 Å². The highest BCUT2D eigenvalue weighted by molar-refractivity contribution is 9.11. The highest BCUT2D eigenvalue weighted by Gasteiger charge is 2.34. The Hall–Kier alpha value is -1.62. The minimum absolute atomic E-state index is 0.0154. The van der Waals surface area contributed by atoms with Crippen molar-refractivity contribution in [1.29, 1.82) is 0 Å². The van der Waals surface area contributed by atoms with E-state index >= 15 is 0 Å². The SMILES string of the molecule is CCOC(=O)CN(CC(F)(F)F)C(=O)CN(C)C(=O)c1ccc(Br)s1. The van der Waals surface area contributed by atoms with Crippen LogP contribution in [0, 0.1) is 0 Å². The summed E-state index contributed by atoms with van der Waals surface area (Å²) in [6, 6.07) is 3.18. The molecule has 11 heteroatoms. The van der Waals surface area contributed by atoms with Gasteiger partial charge in [0.2, 0.25) is 5.91 Å². The lowest BCUT2D eigenvalue weighted by Crippen LogP contribution is -2.47. The van der Waals surface area contributed by atoms with E-state index < -0.39 is 43.6 Å². The molecule has 25 heavy (non-hydrogen) atoms. The Morgan fingerprint density at radius 3 is 2.36 bits per heavy atom. The minimum atomic E-state index is -4.68. The van der Waals surface area contributed by atoms with E-state index in [0.717, 1.165) is 16.2 Å². The van der Waals surface area contributed by atoms with E-state index in [4.69, 9.17) is 0 Å². The number of carbonyl (C=O) groups is 3.